The molecule has 0 aliphatic heterocycles. The Kier molecular flexibility index (Phi) is 4.66. The molecule has 226 valence electrons. The summed E-state index contributed by atoms with van der Waals surface area (Å²) in [5.74, 6) is 0. The minimum Gasteiger partial charge on any atom is -0.308 e. The molecule has 5 heteroatoms. The van der Waals surface area contributed by atoms with Crippen LogP contribution < -0.4 is 4.90 Å². The zero-order valence-electron chi connectivity index (χ0n) is 26.2. The number of fused-ring (bicyclic) bond motifs is 14. The van der Waals surface area contributed by atoms with Crippen molar-refractivity contribution in [3.05, 3.63) is 152 Å². The van der Waals surface area contributed by atoms with Gasteiger partial charge in [-0.15, -0.1) is 0 Å². The van der Waals surface area contributed by atoms with E-state index in [4.69, 9.17) is 9.97 Å². The van der Waals surface area contributed by atoms with E-state index >= 15 is 0 Å². The van der Waals surface area contributed by atoms with Gasteiger partial charge in [-0.3, -0.25) is 8.80 Å². The first-order valence-corrected chi connectivity index (χ1v) is 16.7. The molecule has 0 saturated heterocycles. The highest BCUT2D eigenvalue weighted by Gasteiger charge is 2.27. The number of anilines is 3. The highest BCUT2D eigenvalue weighted by atomic mass is 15.2. The number of nitrogens with zero attached hydrogens (tertiary/aromatic N) is 5. The molecule has 0 radical (unpaired) electrons. The van der Waals surface area contributed by atoms with E-state index in [1.54, 1.807) is 0 Å². The summed E-state index contributed by atoms with van der Waals surface area (Å²) in [4.78, 5) is 13.6. The van der Waals surface area contributed by atoms with E-state index < -0.39 is 0 Å². The first kappa shape index (κ1) is 25.4. The Hall–Kier alpha value is -6.72. The zero-order chi connectivity index (χ0) is 31.8. The summed E-state index contributed by atoms with van der Waals surface area (Å²) < 4.78 is 4.72. The molecule has 0 fully saturated rings. The minimum absolute atomic E-state index is 0.879. The molecule has 0 saturated carbocycles. The van der Waals surface area contributed by atoms with Gasteiger partial charge in [-0.2, -0.15) is 0 Å². The molecule has 12 rings (SSSR count). The van der Waals surface area contributed by atoms with E-state index in [1.165, 1.54) is 37.8 Å². The third kappa shape index (κ3) is 3.10. The zero-order valence-corrected chi connectivity index (χ0v) is 26.2. The molecule has 7 aromatic carbocycles. The molecule has 0 amide bonds. The van der Waals surface area contributed by atoms with Gasteiger partial charge in [0.1, 0.15) is 11.0 Å². The Bertz CT molecular complexity index is 3230. The van der Waals surface area contributed by atoms with Crippen LogP contribution in [0.25, 0.3) is 87.5 Å². The average Bonchev–Trinajstić information content (AvgIpc) is 3.88. The average molecular weight is 624 g/mol. The molecule has 0 N–H and O–H groups in total. The van der Waals surface area contributed by atoms with Gasteiger partial charge in [0.25, 0.3) is 0 Å². The van der Waals surface area contributed by atoms with Crippen LogP contribution in [0.5, 0.6) is 0 Å². The Morgan fingerprint density at radius 3 is 1.80 bits per heavy atom. The van der Waals surface area contributed by atoms with Crippen molar-refractivity contribution in [1.82, 2.24) is 18.8 Å². The van der Waals surface area contributed by atoms with E-state index in [0.29, 0.717) is 0 Å². The second-order valence-corrected chi connectivity index (χ2v) is 13.0. The smallest absolute Gasteiger partial charge is 0.165 e. The molecule has 0 bridgehead atoms. The standard InChI is InChI=1S/C44H25N5/c1-3-14-27(15-4-1)47(28-16-5-2-6-17-28)36-24-12-21-32-37-29-18-8-7-13-26(29)25-34-39-44(49(41(32)36)42(34)37)45-38-33-22-11-20-31-30-19-9-10-23-35(30)48(40(31)33)43(38)46-39/h1-25H. The van der Waals surface area contributed by atoms with Gasteiger partial charge in [0.2, 0.25) is 0 Å². The fourth-order valence-corrected chi connectivity index (χ4v) is 8.60. The van der Waals surface area contributed by atoms with Crippen LogP contribution in [-0.2, 0) is 0 Å². The SMILES string of the molecule is c1ccc(N(c2ccccc2)c2cccc3c4c5ccccc5cc5c6nc7c(nc6n(c23)c54)c2cccc3c4ccccc4n7c32)cc1. The number of rotatable bonds is 3. The van der Waals surface area contributed by atoms with Gasteiger partial charge in [0.15, 0.2) is 11.3 Å². The van der Waals surface area contributed by atoms with Gasteiger partial charge in [0.05, 0.1) is 27.8 Å². The predicted molar refractivity (Wildman–Crippen MR) is 204 cm³/mol. The first-order chi connectivity index (χ1) is 24.3. The molecule has 12 aromatic rings. The molecule has 0 aliphatic rings. The van der Waals surface area contributed by atoms with Crippen LogP contribution >= 0.6 is 0 Å². The van der Waals surface area contributed by atoms with Crippen molar-refractivity contribution in [2.45, 2.75) is 0 Å². The van der Waals surface area contributed by atoms with Gasteiger partial charge < -0.3 is 4.90 Å². The van der Waals surface area contributed by atoms with Crippen molar-refractivity contribution in [3.63, 3.8) is 0 Å². The largest absolute Gasteiger partial charge is 0.308 e. The maximum Gasteiger partial charge on any atom is 0.165 e. The van der Waals surface area contributed by atoms with Crippen LogP contribution in [0.15, 0.2) is 152 Å². The van der Waals surface area contributed by atoms with E-state index in [0.717, 1.165) is 66.7 Å². The lowest BCUT2D eigenvalue weighted by Gasteiger charge is -2.26. The third-order valence-electron chi connectivity index (χ3n) is 10.5. The summed E-state index contributed by atoms with van der Waals surface area (Å²) in [5.41, 5.74) is 11.5. The Morgan fingerprint density at radius 2 is 1.00 bits per heavy atom. The minimum atomic E-state index is 0.879. The Morgan fingerprint density at radius 1 is 0.408 bits per heavy atom. The van der Waals surface area contributed by atoms with E-state index in [9.17, 15) is 0 Å². The van der Waals surface area contributed by atoms with Gasteiger partial charge in [-0.25, -0.2) is 9.97 Å². The molecule has 0 unspecified atom stereocenters. The molecule has 0 aliphatic carbocycles. The molecular weight excluding hydrogens is 599 g/mol. The van der Waals surface area contributed by atoms with E-state index in [-0.39, 0.29) is 0 Å². The number of benzene rings is 7. The molecule has 0 spiro atoms. The fraction of sp³-hybridized carbons (Fsp3) is 0. The summed E-state index contributed by atoms with van der Waals surface area (Å²) in [6, 6.07) is 54.2. The van der Waals surface area contributed by atoms with Crippen LogP contribution in [0.2, 0.25) is 0 Å². The van der Waals surface area contributed by atoms with Gasteiger partial charge in [0, 0.05) is 43.7 Å². The lowest BCUT2D eigenvalue weighted by molar-refractivity contribution is 1.23. The quantitative estimate of drug-likeness (QED) is 0.197. The van der Waals surface area contributed by atoms with Crippen molar-refractivity contribution in [2.24, 2.45) is 0 Å². The van der Waals surface area contributed by atoms with Gasteiger partial charge in [-0.05, 0) is 53.2 Å². The van der Waals surface area contributed by atoms with Gasteiger partial charge >= 0.3 is 0 Å². The molecule has 5 nitrogen and oxygen atoms in total. The van der Waals surface area contributed by atoms with E-state index in [2.05, 4.69) is 165 Å². The number of aromatic nitrogens is 4. The summed E-state index contributed by atoms with van der Waals surface area (Å²) in [6.45, 7) is 0. The number of para-hydroxylation sites is 5. The third-order valence-corrected chi connectivity index (χ3v) is 10.5. The summed E-state index contributed by atoms with van der Waals surface area (Å²) in [6.07, 6.45) is 0. The van der Waals surface area contributed by atoms with Crippen molar-refractivity contribution in [2.75, 3.05) is 4.90 Å². The molecule has 0 atom stereocenters. The second kappa shape index (κ2) is 9.00. The van der Waals surface area contributed by atoms with Crippen molar-refractivity contribution in [3.8, 4) is 0 Å². The molecule has 5 aromatic heterocycles. The van der Waals surface area contributed by atoms with Crippen LogP contribution in [0.4, 0.5) is 17.1 Å². The number of hydrogen-bond acceptors (Lipinski definition) is 3. The second-order valence-electron chi connectivity index (χ2n) is 13.0. The monoisotopic (exact) mass is 623 g/mol. The molecule has 49 heavy (non-hydrogen) atoms. The summed E-state index contributed by atoms with van der Waals surface area (Å²) in [7, 11) is 0. The first-order valence-electron chi connectivity index (χ1n) is 16.7. The Balaban J connectivity index is 1.32. The van der Waals surface area contributed by atoms with Gasteiger partial charge in [-0.1, -0.05) is 109 Å². The number of hydrogen-bond donors (Lipinski definition) is 0. The van der Waals surface area contributed by atoms with Crippen molar-refractivity contribution >= 4 is 105 Å². The lowest BCUT2D eigenvalue weighted by atomic mass is 10.0. The van der Waals surface area contributed by atoms with Crippen molar-refractivity contribution < 1.29 is 0 Å². The van der Waals surface area contributed by atoms with E-state index in [1.807, 2.05) is 0 Å². The Labute approximate surface area is 279 Å². The van der Waals surface area contributed by atoms with Crippen LogP contribution in [-0.4, -0.2) is 18.8 Å². The lowest BCUT2D eigenvalue weighted by Crippen LogP contribution is -2.10. The summed E-state index contributed by atoms with van der Waals surface area (Å²) >= 11 is 0. The fourth-order valence-electron chi connectivity index (χ4n) is 8.60. The maximum atomic E-state index is 5.61. The molecular formula is C44H25N5. The normalized spacial score (nSPS) is 12.5. The highest BCUT2D eigenvalue weighted by Crippen LogP contribution is 2.48. The van der Waals surface area contributed by atoms with Crippen LogP contribution in [0, 0.1) is 0 Å². The maximum absolute atomic E-state index is 5.61. The predicted octanol–water partition coefficient (Wildman–Crippen LogP) is 11.4. The van der Waals surface area contributed by atoms with Crippen molar-refractivity contribution in [1.29, 1.82) is 0 Å². The molecule has 5 heterocycles. The topological polar surface area (TPSA) is 37.8 Å². The highest BCUT2D eigenvalue weighted by molar-refractivity contribution is 6.32. The van der Waals surface area contributed by atoms with Crippen LogP contribution in [0.3, 0.4) is 0 Å². The van der Waals surface area contributed by atoms with Crippen LogP contribution in [0.1, 0.15) is 0 Å². The summed E-state index contributed by atoms with van der Waals surface area (Å²) in [5, 5.41) is 9.59.